The van der Waals surface area contributed by atoms with Crippen molar-refractivity contribution in [2.24, 2.45) is 0 Å². The molecule has 3 aliphatic rings. The van der Waals surface area contributed by atoms with Gasteiger partial charge < -0.3 is 14.6 Å². The van der Waals surface area contributed by atoms with E-state index >= 15 is 0 Å². The number of rotatable bonds is 2. The fourth-order valence-corrected chi connectivity index (χ4v) is 5.18. The third kappa shape index (κ3) is 1.71. The summed E-state index contributed by atoms with van der Waals surface area (Å²) in [5.74, 6) is 1.18. The van der Waals surface area contributed by atoms with Crippen LogP contribution in [0.15, 0.2) is 24.0 Å². The highest BCUT2D eigenvalue weighted by atomic mass is 16.5. The Balaban J connectivity index is 1.98. The molecule has 1 heterocycles. The molecule has 2 aliphatic carbocycles. The number of hydrogen-bond donors (Lipinski definition) is 1. The molecule has 0 amide bonds. The molecular weight excluding hydrogens is 306 g/mol. The number of aryl methyl sites for hydroxylation is 1. The SMILES string of the molecule is COC1=CC23CCc4cc(O)c(OC)cc4[C@]2(CCN3C)CC1=O. The van der Waals surface area contributed by atoms with Gasteiger partial charge in [0.25, 0.3) is 0 Å². The first kappa shape index (κ1) is 15.5. The van der Waals surface area contributed by atoms with Gasteiger partial charge in [0.2, 0.25) is 0 Å². The van der Waals surface area contributed by atoms with Gasteiger partial charge in [-0.25, -0.2) is 0 Å². The van der Waals surface area contributed by atoms with Crippen molar-refractivity contribution < 1.29 is 19.4 Å². The van der Waals surface area contributed by atoms with Gasteiger partial charge in [0, 0.05) is 11.8 Å². The van der Waals surface area contributed by atoms with E-state index in [1.807, 2.05) is 18.2 Å². The standard InChI is InChI=1S/C19H23NO4/c1-20-7-6-18-10-15(22)17(24-3)11-19(18,20)5-4-12-8-14(21)16(23-2)9-13(12)18/h8-9,11,21H,4-7,10H2,1-3H3/t18-,19?/m0/s1. The number of carbonyl (C=O) groups is 1. The van der Waals surface area contributed by atoms with Crippen molar-refractivity contribution in [2.75, 3.05) is 27.8 Å². The lowest BCUT2D eigenvalue weighted by Crippen LogP contribution is -2.59. The Labute approximate surface area is 141 Å². The Morgan fingerprint density at radius 3 is 2.71 bits per heavy atom. The van der Waals surface area contributed by atoms with Crippen molar-refractivity contribution in [3.05, 3.63) is 35.1 Å². The lowest BCUT2D eigenvalue weighted by Gasteiger charge is -2.53. The van der Waals surface area contributed by atoms with Crippen LogP contribution in [0.5, 0.6) is 11.5 Å². The van der Waals surface area contributed by atoms with Crippen LogP contribution in [0.4, 0.5) is 0 Å². The number of ether oxygens (including phenoxy) is 2. The monoisotopic (exact) mass is 329 g/mol. The highest BCUT2D eigenvalue weighted by Crippen LogP contribution is 2.59. The lowest BCUT2D eigenvalue weighted by molar-refractivity contribution is -0.122. The third-order valence-electron chi connectivity index (χ3n) is 6.41. The summed E-state index contributed by atoms with van der Waals surface area (Å²) in [4.78, 5) is 15.0. The van der Waals surface area contributed by atoms with Crippen LogP contribution in [0.2, 0.25) is 0 Å². The summed E-state index contributed by atoms with van der Waals surface area (Å²) < 4.78 is 10.7. The second kappa shape index (κ2) is 4.99. The number of aromatic hydroxyl groups is 1. The van der Waals surface area contributed by atoms with Crippen LogP contribution in [0.3, 0.4) is 0 Å². The van der Waals surface area contributed by atoms with Gasteiger partial charge in [-0.2, -0.15) is 0 Å². The molecule has 0 saturated carbocycles. The first-order chi connectivity index (χ1) is 11.5. The smallest absolute Gasteiger partial charge is 0.198 e. The van der Waals surface area contributed by atoms with Gasteiger partial charge in [0.1, 0.15) is 0 Å². The number of fused-ring (bicyclic) bond motifs is 1. The molecule has 0 radical (unpaired) electrons. The quantitative estimate of drug-likeness (QED) is 0.901. The van der Waals surface area contributed by atoms with Gasteiger partial charge >= 0.3 is 0 Å². The van der Waals surface area contributed by atoms with Crippen molar-refractivity contribution in [1.82, 2.24) is 4.90 Å². The zero-order valence-corrected chi connectivity index (χ0v) is 14.4. The highest BCUT2D eigenvalue weighted by molar-refractivity contribution is 5.96. The zero-order valence-electron chi connectivity index (χ0n) is 14.4. The van der Waals surface area contributed by atoms with E-state index in [4.69, 9.17) is 9.47 Å². The van der Waals surface area contributed by atoms with Gasteiger partial charge in [0.15, 0.2) is 23.0 Å². The Kier molecular flexibility index (Phi) is 3.23. The Hall–Kier alpha value is -2.01. The predicted octanol–water partition coefficient (Wildman–Crippen LogP) is 2.16. The molecule has 1 fully saturated rings. The zero-order chi connectivity index (χ0) is 17.1. The minimum Gasteiger partial charge on any atom is -0.504 e. The molecule has 0 bridgehead atoms. The predicted molar refractivity (Wildman–Crippen MR) is 89.4 cm³/mol. The number of allylic oxidation sites excluding steroid dienone is 1. The summed E-state index contributed by atoms with van der Waals surface area (Å²) in [6.07, 6.45) is 5.19. The van der Waals surface area contributed by atoms with E-state index in [-0.39, 0.29) is 22.5 Å². The molecule has 128 valence electrons. The molecular formula is C19H23NO4. The number of phenolic OH excluding ortho intramolecular Hbond substituents is 1. The number of nitrogens with zero attached hydrogens (tertiary/aromatic N) is 1. The van der Waals surface area contributed by atoms with Crippen LogP contribution >= 0.6 is 0 Å². The van der Waals surface area contributed by atoms with Gasteiger partial charge in [-0.15, -0.1) is 0 Å². The van der Waals surface area contributed by atoms with E-state index in [1.165, 1.54) is 0 Å². The number of hydrogen-bond acceptors (Lipinski definition) is 5. The van der Waals surface area contributed by atoms with Gasteiger partial charge in [-0.1, -0.05) is 0 Å². The number of benzene rings is 1. The highest BCUT2D eigenvalue weighted by Gasteiger charge is 2.63. The van der Waals surface area contributed by atoms with Crippen LogP contribution in [0.1, 0.15) is 30.4 Å². The van der Waals surface area contributed by atoms with Crippen molar-refractivity contribution in [3.8, 4) is 11.5 Å². The fourth-order valence-electron chi connectivity index (χ4n) is 5.18. The van der Waals surface area contributed by atoms with Gasteiger partial charge in [0.05, 0.1) is 19.8 Å². The van der Waals surface area contributed by atoms with E-state index in [0.29, 0.717) is 17.9 Å². The van der Waals surface area contributed by atoms with E-state index in [1.54, 1.807) is 14.2 Å². The number of Topliss-reactive ketones (excluding diaryl/α,β-unsaturated/α-hetero) is 1. The topological polar surface area (TPSA) is 59.0 Å². The first-order valence-corrected chi connectivity index (χ1v) is 8.39. The van der Waals surface area contributed by atoms with E-state index in [0.717, 1.165) is 36.9 Å². The number of phenols is 1. The van der Waals surface area contributed by atoms with E-state index in [9.17, 15) is 9.90 Å². The van der Waals surface area contributed by atoms with Crippen molar-refractivity contribution in [2.45, 2.75) is 36.6 Å². The molecule has 24 heavy (non-hydrogen) atoms. The van der Waals surface area contributed by atoms with E-state index < -0.39 is 0 Å². The maximum Gasteiger partial charge on any atom is 0.198 e. The molecule has 1 aromatic rings. The van der Waals surface area contributed by atoms with Crippen molar-refractivity contribution in [1.29, 1.82) is 0 Å². The third-order valence-corrected chi connectivity index (χ3v) is 6.41. The van der Waals surface area contributed by atoms with Gasteiger partial charge in [-0.05, 0) is 62.2 Å². The second-order valence-corrected chi connectivity index (χ2v) is 7.17. The molecule has 4 rings (SSSR count). The fraction of sp³-hybridized carbons (Fsp3) is 0.526. The second-order valence-electron chi connectivity index (χ2n) is 7.17. The van der Waals surface area contributed by atoms with Crippen LogP contribution in [0.25, 0.3) is 0 Å². The normalized spacial score (nSPS) is 31.8. The summed E-state index contributed by atoms with van der Waals surface area (Å²) in [6, 6.07) is 3.75. The Bertz CT molecular complexity index is 756. The molecule has 5 nitrogen and oxygen atoms in total. The van der Waals surface area contributed by atoms with Crippen LogP contribution in [-0.2, 0) is 21.4 Å². The first-order valence-electron chi connectivity index (χ1n) is 8.39. The molecule has 1 aromatic carbocycles. The average Bonchev–Trinajstić information content (AvgIpc) is 2.87. The minimum atomic E-state index is -0.268. The van der Waals surface area contributed by atoms with Crippen LogP contribution < -0.4 is 4.74 Å². The summed E-state index contributed by atoms with van der Waals surface area (Å²) in [5, 5.41) is 10.1. The van der Waals surface area contributed by atoms with Crippen LogP contribution in [-0.4, -0.2) is 49.1 Å². The molecule has 1 unspecified atom stereocenters. The largest absolute Gasteiger partial charge is 0.504 e. The molecule has 1 saturated heterocycles. The number of ketones is 1. The molecule has 1 N–H and O–H groups in total. The maximum atomic E-state index is 12.7. The molecule has 1 aliphatic heterocycles. The van der Waals surface area contributed by atoms with Crippen molar-refractivity contribution in [3.63, 3.8) is 0 Å². The number of methoxy groups -OCH3 is 2. The molecule has 5 heteroatoms. The number of likely N-dealkylation sites (N-methyl/N-ethyl adjacent to an activating group) is 1. The Morgan fingerprint density at radius 1 is 1.21 bits per heavy atom. The number of likely N-dealkylation sites (tertiary alicyclic amines) is 1. The molecule has 2 atom stereocenters. The maximum absolute atomic E-state index is 12.7. The van der Waals surface area contributed by atoms with Crippen molar-refractivity contribution >= 4 is 5.78 Å². The summed E-state index contributed by atoms with van der Waals surface area (Å²) >= 11 is 0. The number of carbonyl (C=O) groups excluding carboxylic acids is 1. The summed E-state index contributed by atoms with van der Waals surface area (Å²) in [6.45, 7) is 0.934. The Morgan fingerprint density at radius 2 is 2.00 bits per heavy atom. The lowest BCUT2D eigenvalue weighted by atomic mass is 9.54. The summed E-state index contributed by atoms with van der Waals surface area (Å²) in [7, 11) is 5.26. The molecule has 0 aromatic heterocycles. The van der Waals surface area contributed by atoms with Gasteiger partial charge in [-0.3, -0.25) is 9.69 Å². The average molecular weight is 329 g/mol. The minimum absolute atomic E-state index is 0.0586. The summed E-state index contributed by atoms with van der Waals surface area (Å²) in [5.41, 5.74) is 1.80. The van der Waals surface area contributed by atoms with E-state index in [2.05, 4.69) is 11.9 Å². The van der Waals surface area contributed by atoms with Crippen LogP contribution in [0, 0.1) is 0 Å². The molecule has 0 spiro atoms.